The summed E-state index contributed by atoms with van der Waals surface area (Å²) in [5.41, 5.74) is 1.90. The summed E-state index contributed by atoms with van der Waals surface area (Å²) < 4.78 is 0. The zero-order chi connectivity index (χ0) is 21.4. The first kappa shape index (κ1) is 26.2. The number of thiophene rings is 1. The molecule has 0 aliphatic carbocycles. The van der Waals surface area contributed by atoms with Crippen molar-refractivity contribution in [1.82, 2.24) is 10.2 Å². The molecule has 1 aliphatic rings. The number of rotatable bonds is 6. The van der Waals surface area contributed by atoms with E-state index in [1.165, 1.54) is 32.0 Å². The lowest BCUT2D eigenvalue weighted by molar-refractivity contribution is -0.104. The SMILES string of the molecule is C=C/C=C(\C)N=C(C)c1ccc(/C=C/C=O)s1.CC.CNC1CCN(C)CC1. The van der Waals surface area contributed by atoms with Crippen LogP contribution in [0.5, 0.6) is 0 Å². The fourth-order valence-corrected chi connectivity index (χ4v) is 3.46. The first-order chi connectivity index (χ1) is 13.5. The van der Waals surface area contributed by atoms with Crippen LogP contribution >= 0.6 is 11.3 Å². The van der Waals surface area contributed by atoms with Crippen LogP contribution < -0.4 is 5.32 Å². The van der Waals surface area contributed by atoms with Gasteiger partial charge in [0.1, 0.15) is 6.29 Å². The van der Waals surface area contributed by atoms with E-state index in [1.807, 2.05) is 45.9 Å². The van der Waals surface area contributed by atoms with Crippen LogP contribution in [0.25, 0.3) is 6.08 Å². The van der Waals surface area contributed by atoms with Gasteiger partial charge in [0.05, 0.1) is 5.71 Å². The van der Waals surface area contributed by atoms with Crippen LogP contribution in [0.1, 0.15) is 50.3 Å². The van der Waals surface area contributed by atoms with E-state index in [0.717, 1.165) is 33.5 Å². The molecule has 4 nitrogen and oxygen atoms in total. The normalized spacial score (nSPS) is 16.1. The van der Waals surface area contributed by atoms with Gasteiger partial charge in [-0.3, -0.25) is 9.79 Å². The molecule has 1 saturated heterocycles. The Morgan fingerprint density at radius 3 is 2.46 bits per heavy atom. The minimum atomic E-state index is 0.775. The van der Waals surface area contributed by atoms with E-state index in [1.54, 1.807) is 23.5 Å². The molecule has 0 amide bonds. The summed E-state index contributed by atoms with van der Waals surface area (Å²) in [6.45, 7) is 14.1. The van der Waals surface area contributed by atoms with Crippen LogP contribution in [-0.2, 0) is 4.79 Å². The highest BCUT2D eigenvalue weighted by Crippen LogP contribution is 2.19. The number of carbonyl (C=O) groups is 1. The summed E-state index contributed by atoms with van der Waals surface area (Å²) in [6, 6.07) is 4.77. The largest absolute Gasteiger partial charge is 0.317 e. The van der Waals surface area contributed by atoms with Gasteiger partial charge in [0.25, 0.3) is 0 Å². The number of aliphatic imine (C=N–C) groups is 1. The van der Waals surface area contributed by atoms with Gasteiger partial charge in [0.15, 0.2) is 0 Å². The highest BCUT2D eigenvalue weighted by atomic mass is 32.1. The van der Waals surface area contributed by atoms with Crippen molar-refractivity contribution in [3.05, 3.63) is 52.4 Å². The Hall–Kier alpha value is -1.82. The molecule has 1 aromatic heterocycles. The summed E-state index contributed by atoms with van der Waals surface area (Å²) in [5, 5.41) is 3.30. The molecule has 0 bridgehead atoms. The molecule has 0 unspecified atom stereocenters. The summed E-state index contributed by atoms with van der Waals surface area (Å²) in [7, 11) is 4.24. The molecular formula is C23H37N3OS. The summed E-state index contributed by atoms with van der Waals surface area (Å²) in [4.78, 5) is 19.2. The van der Waals surface area contributed by atoms with Gasteiger partial charge in [-0.1, -0.05) is 26.5 Å². The highest BCUT2D eigenvalue weighted by molar-refractivity contribution is 7.15. The molecule has 1 aliphatic heterocycles. The van der Waals surface area contributed by atoms with Crippen molar-refractivity contribution in [2.45, 2.75) is 46.6 Å². The van der Waals surface area contributed by atoms with E-state index in [2.05, 4.69) is 35.9 Å². The van der Waals surface area contributed by atoms with Gasteiger partial charge in [-0.2, -0.15) is 0 Å². The van der Waals surface area contributed by atoms with Crippen molar-refractivity contribution < 1.29 is 4.79 Å². The fourth-order valence-electron chi connectivity index (χ4n) is 2.60. The molecule has 0 radical (unpaired) electrons. The van der Waals surface area contributed by atoms with Crippen molar-refractivity contribution in [3.63, 3.8) is 0 Å². The number of nitrogens with zero attached hydrogens (tertiary/aromatic N) is 2. The molecule has 0 saturated carbocycles. The quantitative estimate of drug-likeness (QED) is 0.308. The standard InChI is InChI=1S/C14H15NOS.C7H16N2.C2H6/c1-4-6-11(2)15-12(3)14-9-8-13(17-14)7-5-10-16;1-8-7-3-5-9(2)6-4-7;1-2/h4-10H,1H2,2-3H3;7-8H,3-6H2,1-2H3;1-2H3/b7-5+,11-6+,15-12?;;. The Kier molecular flexibility index (Phi) is 15.1. The predicted octanol–water partition coefficient (Wildman–Crippen LogP) is 5.19. The molecule has 1 aromatic rings. The number of likely N-dealkylation sites (tertiary alicyclic amines) is 1. The van der Waals surface area contributed by atoms with Crippen molar-refractivity contribution in [3.8, 4) is 0 Å². The monoisotopic (exact) mass is 403 g/mol. The Balaban J connectivity index is 0.000000556. The second-order valence-electron chi connectivity index (χ2n) is 6.30. The van der Waals surface area contributed by atoms with Crippen LogP contribution in [0, 0.1) is 0 Å². The molecule has 156 valence electrons. The average molecular weight is 404 g/mol. The third-order valence-corrected chi connectivity index (χ3v) is 5.31. The van der Waals surface area contributed by atoms with E-state index in [0.29, 0.717) is 0 Å². The summed E-state index contributed by atoms with van der Waals surface area (Å²) >= 11 is 1.61. The second-order valence-corrected chi connectivity index (χ2v) is 7.42. The molecule has 28 heavy (non-hydrogen) atoms. The summed E-state index contributed by atoms with van der Waals surface area (Å²) in [5.74, 6) is 0. The number of nitrogens with one attached hydrogen (secondary N) is 1. The maximum atomic E-state index is 10.2. The van der Waals surface area contributed by atoms with Crippen LogP contribution in [0.3, 0.4) is 0 Å². The number of hydrogen-bond donors (Lipinski definition) is 1. The molecule has 1 fully saturated rings. The molecule has 1 N–H and O–H groups in total. The fraction of sp³-hybridized carbons (Fsp3) is 0.478. The molecule has 0 atom stereocenters. The average Bonchev–Trinajstić information content (AvgIpc) is 3.18. The first-order valence-electron chi connectivity index (χ1n) is 9.92. The number of aldehydes is 1. The maximum absolute atomic E-state index is 10.2. The topological polar surface area (TPSA) is 44.7 Å². The first-order valence-corrected chi connectivity index (χ1v) is 10.7. The van der Waals surface area contributed by atoms with Gasteiger partial charge in [-0.15, -0.1) is 11.3 Å². The van der Waals surface area contributed by atoms with Crippen LogP contribution in [-0.4, -0.2) is 50.1 Å². The zero-order valence-corrected chi connectivity index (χ0v) is 19.2. The van der Waals surface area contributed by atoms with Crippen molar-refractivity contribution in [1.29, 1.82) is 0 Å². The smallest absolute Gasteiger partial charge is 0.142 e. The van der Waals surface area contributed by atoms with Gasteiger partial charge < -0.3 is 10.2 Å². The third kappa shape index (κ3) is 11.1. The number of allylic oxidation sites excluding steroid dienone is 4. The van der Waals surface area contributed by atoms with Gasteiger partial charge in [-0.25, -0.2) is 0 Å². The van der Waals surface area contributed by atoms with Gasteiger partial charge >= 0.3 is 0 Å². The predicted molar refractivity (Wildman–Crippen MR) is 127 cm³/mol. The third-order valence-electron chi connectivity index (χ3n) is 4.15. The lowest BCUT2D eigenvalue weighted by Crippen LogP contribution is -2.39. The molecule has 5 heteroatoms. The molecule has 2 rings (SSSR count). The molecular weight excluding hydrogens is 366 g/mol. The van der Waals surface area contributed by atoms with Gasteiger partial charge in [0, 0.05) is 21.5 Å². The van der Waals surface area contributed by atoms with E-state index in [9.17, 15) is 4.79 Å². The van der Waals surface area contributed by atoms with Crippen molar-refractivity contribution in [2.75, 3.05) is 27.2 Å². The van der Waals surface area contributed by atoms with E-state index in [-0.39, 0.29) is 0 Å². The van der Waals surface area contributed by atoms with Gasteiger partial charge in [0.2, 0.25) is 0 Å². The van der Waals surface area contributed by atoms with Crippen LogP contribution in [0.15, 0.2) is 47.6 Å². The van der Waals surface area contributed by atoms with E-state index in [4.69, 9.17) is 0 Å². The summed E-state index contributed by atoms with van der Waals surface area (Å²) in [6.07, 6.45) is 10.3. The zero-order valence-electron chi connectivity index (χ0n) is 18.4. The second kappa shape index (κ2) is 16.2. The minimum absolute atomic E-state index is 0.775. The number of hydrogen-bond acceptors (Lipinski definition) is 5. The Morgan fingerprint density at radius 1 is 1.29 bits per heavy atom. The van der Waals surface area contributed by atoms with Crippen molar-refractivity contribution >= 4 is 29.4 Å². The molecule has 0 aromatic carbocycles. The molecule has 0 spiro atoms. The Morgan fingerprint density at radius 2 is 1.93 bits per heavy atom. The number of carbonyl (C=O) groups excluding carboxylic acids is 1. The lowest BCUT2D eigenvalue weighted by atomic mass is 10.1. The number of piperidine rings is 1. The van der Waals surface area contributed by atoms with Crippen LogP contribution in [0.4, 0.5) is 0 Å². The van der Waals surface area contributed by atoms with Crippen LogP contribution in [0.2, 0.25) is 0 Å². The Labute approximate surface area is 175 Å². The van der Waals surface area contributed by atoms with Crippen molar-refractivity contribution in [2.24, 2.45) is 4.99 Å². The van der Waals surface area contributed by atoms with E-state index >= 15 is 0 Å². The van der Waals surface area contributed by atoms with Gasteiger partial charge in [-0.05, 0) is 84.2 Å². The van der Waals surface area contributed by atoms with E-state index < -0.39 is 0 Å². The Bertz CT molecular complexity index is 651. The highest BCUT2D eigenvalue weighted by Gasteiger charge is 2.13. The minimum Gasteiger partial charge on any atom is -0.317 e. The lowest BCUT2D eigenvalue weighted by Gasteiger charge is -2.28. The molecule has 2 heterocycles. The maximum Gasteiger partial charge on any atom is 0.142 e.